The van der Waals surface area contributed by atoms with E-state index in [0.29, 0.717) is 7.11 Å². The van der Waals surface area contributed by atoms with Gasteiger partial charge in [0.25, 0.3) is 5.00 Å². The zero-order chi connectivity index (χ0) is 14.3. The monoisotopic (exact) mass is 290 g/mol. The number of alkyl halides is 1. The maximum absolute atomic E-state index is 13.7. The molecule has 0 amide bonds. The lowest BCUT2D eigenvalue weighted by atomic mass is 10.0. The summed E-state index contributed by atoms with van der Waals surface area (Å²) in [5.74, 6) is -8.38. The average Bonchev–Trinajstić information content (AvgIpc) is 2.25. The van der Waals surface area contributed by atoms with Crippen LogP contribution in [0.4, 0.5) is 17.6 Å². The van der Waals surface area contributed by atoms with Gasteiger partial charge in [0, 0.05) is 0 Å². The zero-order valence-electron chi connectivity index (χ0n) is 8.71. The Morgan fingerprint density at radius 3 is 2.28 bits per heavy atom. The van der Waals surface area contributed by atoms with Crippen LogP contribution >= 0.6 is 0 Å². The molecule has 1 aliphatic rings. The van der Waals surface area contributed by atoms with Crippen LogP contribution in [-0.2, 0) is 19.6 Å². The summed E-state index contributed by atoms with van der Waals surface area (Å²) >= 11 is 0. The van der Waals surface area contributed by atoms with Crippen LogP contribution in [0.3, 0.4) is 0 Å². The SMILES string of the molecule is COC(=O)C1=C(F)C(F)(S(=O)(=O)O)CC(F)=C1F. The minimum absolute atomic E-state index is 0.662. The Morgan fingerprint density at radius 1 is 1.39 bits per heavy atom. The van der Waals surface area contributed by atoms with E-state index >= 15 is 0 Å². The molecular formula is C8H6F4O5S. The van der Waals surface area contributed by atoms with Crippen molar-refractivity contribution in [1.82, 2.24) is 0 Å². The fraction of sp³-hybridized carbons (Fsp3) is 0.375. The maximum atomic E-state index is 13.7. The van der Waals surface area contributed by atoms with Crippen molar-refractivity contribution in [3.63, 3.8) is 0 Å². The molecule has 0 aliphatic heterocycles. The molecule has 0 aromatic heterocycles. The normalized spacial score (nSPS) is 25.4. The number of hydrogen-bond donors (Lipinski definition) is 1. The van der Waals surface area contributed by atoms with E-state index in [4.69, 9.17) is 4.55 Å². The van der Waals surface area contributed by atoms with E-state index < -0.39 is 50.6 Å². The number of allylic oxidation sites excluding steroid dienone is 1. The first-order valence-electron chi connectivity index (χ1n) is 4.25. The quantitative estimate of drug-likeness (QED) is 0.473. The molecule has 1 N–H and O–H groups in total. The summed E-state index contributed by atoms with van der Waals surface area (Å²) in [5.41, 5.74) is -1.85. The number of carbonyl (C=O) groups is 1. The maximum Gasteiger partial charge on any atom is 0.343 e. The van der Waals surface area contributed by atoms with Crippen molar-refractivity contribution >= 4 is 16.1 Å². The number of rotatable bonds is 2. The van der Waals surface area contributed by atoms with Gasteiger partial charge in [-0.05, 0) is 0 Å². The second-order valence-corrected chi connectivity index (χ2v) is 4.88. The molecule has 1 unspecified atom stereocenters. The van der Waals surface area contributed by atoms with Gasteiger partial charge in [-0.25, -0.2) is 22.4 Å². The number of ether oxygens (including phenoxy) is 1. The largest absolute Gasteiger partial charge is 0.465 e. The van der Waals surface area contributed by atoms with Crippen LogP contribution in [0.1, 0.15) is 6.42 Å². The van der Waals surface area contributed by atoms with Crippen molar-refractivity contribution in [1.29, 1.82) is 0 Å². The average molecular weight is 290 g/mol. The Morgan fingerprint density at radius 2 is 1.89 bits per heavy atom. The summed E-state index contributed by atoms with van der Waals surface area (Å²) < 4.78 is 87.0. The van der Waals surface area contributed by atoms with Gasteiger partial charge in [0.2, 0.25) is 0 Å². The summed E-state index contributed by atoms with van der Waals surface area (Å²) in [6, 6.07) is 0. The Hall–Kier alpha value is -1.42. The lowest BCUT2D eigenvalue weighted by Gasteiger charge is -2.24. The zero-order valence-corrected chi connectivity index (χ0v) is 9.52. The van der Waals surface area contributed by atoms with E-state index in [2.05, 4.69) is 4.74 Å². The summed E-state index contributed by atoms with van der Waals surface area (Å²) in [4.78, 5) is 10.9. The van der Waals surface area contributed by atoms with Crippen LogP contribution in [0.15, 0.2) is 23.1 Å². The number of carbonyl (C=O) groups excluding carboxylic acids is 1. The van der Waals surface area contributed by atoms with Gasteiger partial charge >= 0.3 is 16.1 Å². The van der Waals surface area contributed by atoms with Gasteiger partial charge in [-0.2, -0.15) is 8.42 Å². The topological polar surface area (TPSA) is 80.7 Å². The second kappa shape index (κ2) is 4.35. The van der Waals surface area contributed by atoms with E-state index in [0.717, 1.165) is 0 Å². The molecule has 5 nitrogen and oxygen atoms in total. The third-order valence-electron chi connectivity index (χ3n) is 2.19. The van der Waals surface area contributed by atoms with Gasteiger partial charge in [-0.1, -0.05) is 0 Å². The third-order valence-corrected chi connectivity index (χ3v) is 3.33. The van der Waals surface area contributed by atoms with Gasteiger partial charge < -0.3 is 4.74 Å². The lowest BCUT2D eigenvalue weighted by molar-refractivity contribution is -0.136. The van der Waals surface area contributed by atoms with Crippen molar-refractivity contribution in [2.75, 3.05) is 7.11 Å². The lowest BCUT2D eigenvalue weighted by Crippen LogP contribution is -2.38. The number of methoxy groups -OCH3 is 1. The molecule has 0 radical (unpaired) electrons. The number of esters is 1. The van der Waals surface area contributed by atoms with Crippen molar-refractivity contribution in [3.8, 4) is 0 Å². The van der Waals surface area contributed by atoms with Gasteiger partial charge in [-0.3, -0.25) is 4.55 Å². The van der Waals surface area contributed by atoms with Gasteiger partial charge in [-0.15, -0.1) is 0 Å². The van der Waals surface area contributed by atoms with Gasteiger partial charge in [0.1, 0.15) is 11.4 Å². The van der Waals surface area contributed by atoms with Crippen molar-refractivity contribution in [2.45, 2.75) is 11.4 Å². The van der Waals surface area contributed by atoms with Gasteiger partial charge in [0.15, 0.2) is 11.7 Å². The minimum atomic E-state index is -5.75. The Labute approximate surface area is 98.5 Å². The molecular weight excluding hydrogens is 284 g/mol. The molecule has 0 heterocycles. The first-order valence-corrected chi connectivity index (χ1v) is 5.69. The first-order chi connectivity index (χ1) is 8.06. The van der Waals surface area contributed by atoms with E-state index in [1.54, 1.807) is 0 Å². The molecule has 0 aromatic carbocycles. The van der Waals surface area contributed by atoms with E-state index in [9.17, 15) is 30.8 Å². The van der Waals surface area contributed by atoms with Crippen molar-refractivity contribution < 1.29 is 40.1 Å². The highest BCUT2D eigenvalue weighted by molar-refractivity contribution is 7.87. The fourth-order valence-electron chi connectivity index (χ4n) is 1.26. The van der Waals surface area contributed by atoms with E-state index in [1.807, 2.05) is 0 Å². The third kappa shape index (κ3) is 2.01. The van der Waals surface area contributed by atoms with Crippen LogP contribution in [0, 0.1) is 0 Å². The molecule has 10 heteroatoms. The summed E-state index contributed by atoms with van der Waals surface area (Å²) in [5, 5.41) is -4.25. The molecule has 1 rings (SSSR count). The standard InChI is InChI=1S/C8H6F4O5S/c1-17-7(13)4-5(10)3(9)2-8(12,6(4)11)18(14,15)16/h2H2,1H3,(H,14,15,16). The molecule has 102 valence electrons. The van der Waals surface area contributed by atoms with Gasteiger partial charge in [0.05, 0.1) is 13.5 Å². The van der Waals surface area contributed by atoms with Crippen LogP contribution in [0.5, 0.6) is 0 Å². The first kappa shape index (κ1) is 14.6. The predicted octanol–water partition coefficient (Wildman–Crippen LogP) is 1.49. The molecule has 0 saturated heterocycles. The molecule has 1 aliphatic carbocycles. The summed E-state index contributed by atoms with van der Waals surface area (Å²) in [7, 11) is -5.09. The van der Waals surface area contributed by atoms with Crippen molar-refractivity contribution in [2.24, 2.45) is 0 Å². The molecule has 18 heavy (non-hydrogen) atoms. The minimum Gasteiger partial charge on any atom is -0.465 e. The number of halogens is 4. The highest BCUT2D eigenvalue weighted by Crippen LogP contribution is 2.45. The summed E-state index contributed by atoms with van der Waals surface area (Å²) in [6.07, 6.45) is -1.91. The van der Waals surface area contributed by atoms with E-state index in [1.165, 1.54) is 0 Å². The van der Waals surface area contributed by atoms with E-state index in [-0.39, 0.29) is 0 Å². The molecule has 0 saturated carbocycles. The Kier molecular flexibility index (Phi) is 3.54. The molecule has 0 fully saturated rings. The predicted molar refractivity (Wildman–Crippen MR) is 49.4 cm³/mol. The molecule has 1 atom stereocenters. The highest BCUT2D eigenvalue weighted by atomic mass is 32.2. The smallest absolute Gasteiger partial charge is 0.343 e. The van der Waals surface area contributed by atoms with Crippen LogP contribution in [-0.4, -0.2) is 31.1 Å². The Bertz CT molecular complexity index is 564. The van der Waals surface area contributed by atoms with Crippen molar-refractivity contribution in [3.05, 3.63) is 23.1 Å². The van der Waals surface area contributed by atoms with Crippen LogP contribution < -0.4 is 0 Å². The molecule has 0 spiro atoms. The summed E-state index contributed by atoms with van der Waals surface area (Å²) in [6.45, 7) is 0. The fourth-order valence-corrected chi connectivity index (χ4v) is 1.90. The highest BCUT2D eigenvalue weighted by Gasteiger charge is 2.55. The van der Waals surface area contributed by atoms with Crippen LogP contribution in [0.2, 0.25) is 0 Å². The second-order valence-electron chi connectivity index (χ2n) is 3.28. The Balaban J connectivity index is 3.60. The molecule has 0 bridgehead atoms. The van der Waals surface area contributed by atoms with Crippen LogP contribution in [0.25, 0.3) is 0 Å². The number of hydrogen-bond acceptors (Lipinski definition) is 4. The molecule has 0 aromatic rings.